The first-order valence-electron chi connectivity index (χ1n) is 5.14. The number of hydrogen-bond acceptors (Lipinski definition) is 4. The molecule has 4 nitrogen and oxygen atoms in total. The maximum Gasteiger partial charge on any atom is 0.157 e. The van der Waals surface area contributed by atoms with Gasteiger partial charge in [-0.25, -0.2) is 0 Å². The standard InChI is InChI=1S/C12H11N3O/c13-7-9-4-5-14-8-12(9)15-10-2-1-3-11(16)6-10/h4-6,8,15H,1-3H2. The van der Waals surface area contributed by atoms with Gasteiger partial charge in [0.2, 0.25) is 0 Å². The third kappa shape index (κ3) is 2.26. The van der Waals surface area contributed by atoms with Crippen molar-refractivity contribution in [3.05, 3.63) is 35.8 Å². The number of pyridine rings is 1. The summed E-state index contributed by atoms with van der Waals surface area (Å²) in [6.45, 7) is 0. The number of anilines is 1. The maximum atomic E-state index is 11.2. The van der Waals surface area contributed by atoms with Crippen molar-refractivity contribution in [2.45, 2.75) is 19.3 Å². The van der Waals surface area contributed by atoms with E-state index >= 15 is 0 Å². The van der Waals surface area contributed by atoms with E-state index in [1.165, 1.54) is 0 Å². The number of carbonyl (C=O) groups is 1. The van der Waals surface area contributed by atoms with Crippen molar-refractivity contribution in [3.63, 3.8) is 0 Å². The minimum atomic E-state index is 0.135. The fourth-order valence-corrected chi connectivity index (χ4v) is 1.65. The number of hydrogen-bond donors (Lipinski definition) is 1. The zero-order valence-electron chi connectivity index (χ0n) is 8.73. The van der Waals surface area contributed by atoms with E-state index in [0.717, 1.165) is 18.5 Å². The molecule has 0 amide bonds. The lowest BCUT2D eigenvalue weighted by Gasteiger charge is -2.14. The molecule has 16 heavy (non-hydrogen) atoms. The predicted octanol–water partition coefficient (Wildman–Crippen LogP) is 2.00. The summed E-state index contributed by atoms with van der Waals surface area (Å²) in [4.78, 5) is 15.2. The lowest BCUT2D eigenvalue weighted by atomic mass is 10.0. The highest BCUT2D eigenvalue weighted by Crippen LogP contribution is 2.20. The molecule has 1 N–H and O–H groups in total. The third-order valence-electron chi connectivity index (χ3n) is 2.44. The van der Waals surface area contributed by atoms with E-state index in [-0.39, 0.29) is 5.78 Å². The van der Waals surface area contributed by atoms with E-state index in [1.807, 2.05) is 0 Å². The summed E-state index contributed by atoms with van der Waals surface area (Å²) in [6.07, 6.45) is 7.09. The van der Waals surface area contributed by atoms with Gasteiger partial charge in [-0.2, -0.15) is 5.26 Å². The Hall–Kier alpha value is -2.15. The Morgan fingerprint density at radius 3 is 3.06 bits per heavy atom. The molecular formula is C12H11N3O. The average Bonchev–Trinajstić information content (AvgIpc) is 2.30. The van der Waals surface area contributed by atoms with Crippen molar-refractivity contribution in [3.8, 4) is 6.07 Å². The summed E-state index contributed by atoms with van der Waals surface area (Å²) in [7, 11) is 0. The smallest absolute Gasteiger partial charge is 0.157 e. The molecule has 1 aliphatic rings. The number of aromatic nitrogens is 1. The van der Waals surface area contributed by atoms with Crippen molar-refractivity contribution in [1.29, 1.82) is 5.26 Å². The lowest BCUT2D eigenvalue weighted by Crippen LogP contribution is -2.09. The number of ketones is 1. The number of carbonyl (C=O) groups excluding carboxylic acids is 1. The van der Waals surface area contributed by atoms with E-state index in [0.29, 0.717) is 17.7 Å². The minimum Gasteiger partial charge on any atom is -0.356 e. The van der Waals surface area contributed by atoms with Crippen LogP contribution in [0.25, 0.3) is 0 Å². The average molecular weight is 213 g/mol. The second kappa shape index (κ2) is 4.58. The van der Waals surface area contributed by atoms with Crippen LogP contribution in [-0.2, 0) is 4.79 Å². The van der Waals surface area contributed by atoms with Gasteiger partial charge in [0.25, 0.3) is 0 Å². The van der Waals surface area contributed by atoms with Crippen LogP contribution in [0.2, 0.25) is 0 Å². The van der Waals surface area contributed by atoms with E-state index < -0.39 is 0 Å². The molecule has 0 aromatic carbocycles. The molecule has 0 spiro atoms. The molecule has 0 radical (unpaired) electrons. The molecule has 4 heteroatoms. The van der Waals surface area contributed by atoms with E-state index in [9.17, 15) is 4.79 Å². The molecule has 0 aliphatic heterocycles. The minimum absolute atomic E-state index is 0.135. The fraction of sp³-hybridized carbons (Fsp3) is 0.250. The molecule has 0 fully saturated rings. The van der Waals surface area contributed by atoms with Gasteiger partial charge in [-0.15, -0.1) is 0 Å². The van der Waals surface area contributed by atoms with Gasteiger partial charge in [0.05, 0.1) is 17.4 Å². The monoisotopic (exact) mass is 213 g/mol. The van der Waals surface area contributed by atoms with Gasteiger partial charge in [-0.3, -0.25) is 9.78 Å². The predicted molar refractivity (Wildman–Crippen MR) is 59.5 cm³/mol. The molecular weight excluding hydrogens is 202 g/mol. The summed E-state index contributed by atoms with van der Waals surface area (Å²) in [5.74, 6) is 0.135. The first kappa shape index (κ1) is 10.4. The Labute approximate surface area is 93.6 Å². The van der Waals surface area contributed by atoms with Crippen molar-refractivity contribution in [2.75, 3.05) is 5.32 Å². The van der Waals surface area contributed by atoms with Crippen LogP contribution in [0.1, 0.15) is 24.8 Å². The van der Waals surface area contributed by atoms with Gasteiger partial charge in [0, 0.05) is 24.4 Å². The Kier molecular flexibility index (Phi) is 2.97. The van der Waals surface area contributed by atoms with Gasteiger partial charge < -0.3 is 5.32 Å². The summed E-state index contributed by atoms with van der Waals surface area (Å²) in [5.41, 5.74) is 2.06. The highest BCUT2D eigenvalue weighted by molar-refractivity contribution is 5.91. The molecule has 0 bridgehead atoms. The number of nitrogens with zero attached hydrogens (tertiary/aromatic N) is 2. The Morgan fingerprint density at radius 2 is 2.31 bits per heavy atom. The van der Waals surface area contributed by atoms with Gasteiger partial charge in [-0.1, -0.05) is 0 Å². The van der Waals surface area contributed by atoms with Crippen molar-refractivity contribution < 1.29 is 4.79 Å². The van der Waals surface area contributed by atoms with Crippen LogP contribution in [0.5, 0.6) is 0 Å². The highest BCUT2D eigenvalue weighted by atomic mass is 16.1. The molecule has 1 aromatic rings. The highest BCUT2D eigenvalue weighted by Gasteiger charge is 2.11. The van der Waals surface area contributed by atoms with Gasteiger partial charge in [-0.05, 0) is 18.9 Å². The number of rotatable bonds is 2. The topological polar surface area (TPSA) is 65.8 Å². The summed E-state index contributed by atoms with van der Waals surface area (Å²) >= 11 is 0. The molecule has 80 valence electrons. The van der Waals surface area contributed by atoms with Crippen molar-refractivity contribution >= 4 is 11.5 Å². The summed E-state index contributed by atoms with van der Waals surface area (Å²) in [5, 5.41) is 12.0. The maximum absolute atomic E-state index is 11.2. The summed E-state index contributed by atoms with van der Waals surface area (Å²) in [6, 6.07) is 3.73. The largest absolute Gasteiger partial charge is 0.356 e. The molecule has 1 aromatic heterocycles. The van der Waals surface area contributed by atoms with Crippen LogP contribution in [0.15, 0.2) is 30.2 Å². The Bertz CT molecular complexity index is 485. The molecule has 0 atom stereocenters. The number of allylic oxidation sites excluding steroid dienone is 2. The van der Waals surface area contributed by atoms with Gasteiger partial charge in [0.1, 0.15) is 6.07 Å². The van der Waals surface area contributed by atoms with Crippen molar-refractivity contribution in [1.82, 2.24) is 4.98 Å². The zero-order chi connectivity index (χ0) is 11.4. The van der Waals surface area contributed by atoms with Gasteiger partial charge >= 0.3 is 0 Å². The van der Waals surface area contributed by atoms with Crippen molar-refractivity contribution in [2.24, 2.45) is 0 Å². The van der Waals surface area contributed by atoms with Crippen LogP contribution in [-0.4, -0.2) is 10.8 Å². The van der Waals surface area contributed by atoms with Crippen LogP contribution < -0.4 is 5.32 Å². The SMILES string of the molecule is N#Cc1ccncc1NC1=CC(=O)CCC1. The van der Waals surface area contributed by atoms with Gasteiger partial charge in [0.15, 0.2) is 5.78 Å². The Balaban J connectivity index is 2.21. The first-order chi connectivity index (χ1) is 7.79. The number of nitrogens with one attached hydrogen (secondary N) is 1. The number of nitriles is 1. The summed E-state index contributed by atoms with van der Waals surface area (Å²) < 4.78 is 0. The molecule has 1 heterocycles. The van der Waals surface area contributed by atoms with Crippen LogP contribution in [0.3, 0.4) is 0 Å². The van der Waals surface area contributed by atoms with Crippen LogP contribution in [0.4, 0.5) is 5.69 Å². The van der Waals surface area contributed by atoms with E-state index in [1.54, 1.807) is 24.5 Å². The lowest BCUT2D eigenvalue weighted by molar-refractivity contribution is -0.115. The Morgan fingerprint density at radius 1 is 1.44 bits per heavy atom. The van der Waals surface area contributed by atoms with E-state index in [4.69, 9.17) is 5.26 Å². The van der Waals surface area contributed by atoms with Crippen LogP contribution >= 0.6 is 0 Å². The third-order valence-corrected chi connectivity index (χ3v) is 2.44. The second-order valence-corrected chi connectivity index (χ2v) is 3.65. The first-order valence-corrected chi connectivity index (χ1v) is 5.14. The molecule has 1 aliphatic carbocycles. The molecule has 0 saturated heterocycles. The zero-order valence-corrected chi connectivity index (χ0v) is 8.73. The molecule has 0 unspecified atom stereocenters. The fourth-order valence-electron chi connectivity index (χ4n) is 1.65. The molecule has 0 saturated carbocycles. The van der Waals surface area contributed by atoms with E-state index in [2.05, 4.69) is 16.4 Å². The second-order valence-electron chi connectivity index (χ2n) is 3.65. The normalized spacial score (nSPS) is 15.2. The van der Waals surface area contributed by atoms with Crippen LogP contribution in [0, 0.1) is 11.3 Å². The molecule has 2 rings (SSSR count). The quantitative estimate of drug-likeness (QED) is 0.816.